The van der Waals surface area contributed by atoms with Crippen LogP contribution in [0.3, 0.4) is 0 Å². The van der Waals surface area contributed by atoms with Crippen LogP contribution in [-0.2, 0) is 11.3 Å². The summed E-state index contributed by atoms with van der Waals surface area (Å²) < 4.78 is 5.03. The molecule has 0 bridgehead atoms. The third-order valence-electron chi connectivity index (χ3n) is 3.11. The highest BCUT2D eigenvalue weighted by atomic mass is 35.5. The zero-order valence-electron chi connectivity index (χ0n) is 12.5. The van der Waals surface area contributed by atoms with Crippen LogP contribution >= 0.6 is 11.6 Å². The fraction of sp³-hybridized carbons (Fsp3) is 0.600. The number of ether oxygens (including phenoxy) is 1. The van der Waals surface area contributed by atoms with Crippen LogP contribution in [0.15, 0.2) is 18.2 Å². The van der Waals surface area contributed by atoms with Gasteiger partial charge in [0, 0.05) is 43.5 Å². The summed E-state index contributed by atoms with van der Waals surface area (Å²) in [5.41, 5.74) is 2.25. The van der Waals surface area contributed by atoms with E-state index in [0.29, 0.717) is 19.2 Å². The molecule has 0 saturated carbocycles. The van der Waals surface area contributed by atoms with Gasteiger partial charge in [-0.05, 0) is 37.6 Å². The number of nitrogens with zero attached hydrogens (tertiary/aromatic N) is 1. The van der Waals surface area contributed by atoms with Crippen LogP contribution in [0.2, 0.25) is 5.02 Å². The number of aliphatic hydroxyl groups excluding tert-OH is 1. The molecule has 0 aromatic heterocycles. The van der Waals surface area contributed by atoms with Gasteiger partial charge in [-0.1, -0.05) is 11.6 Å². The lowest BCUT2D eigenvalue weighted by atomic mass is 10.1. The zero-order valence-corrected chi connectivity index (χ0v) is 13.3. The SMILES string of the molecule is COCCNCc1cc(Cl)ccc1N(CCO)C(C)C. The fourth-order valence-corrected chi connectivity index (χ4v) is 2.33. The molecule has 1 rings (SSSR count). The van der Waals surface area contributed by atoms with Crippen LogP contribution in [0.5, 0.6) is 0 Å². The molecule has 0 amide bonds. The Kier molecular flexibility index (Phi) is 7.92. The maximum atomic E-state index is 9.24. The van der Waals surface area contributed by atoms with Crippen molar-refractivity contribution in [3.8, 4) is 0 Å². The molecule has 0 aliphatic carbocycles. The second-order valence-corrected chi connectivity index (χ2v) is 5.39. The van der Waals surface area contributed by atoms with E-state index in [1.807, 2.05) is 18.2 Å². The predicted molar refractivity (Wildman–Crippen MR) is 84.6 cm³/mol. The van der Waals surface area contributed by atoms with Crippen molar-refractivity contribution < 1.29 is 9.84 Å². The van der Waals surface area contributed by atoms with Gasteiger partial charge in [0.1, 0.15) is 0 Å². The van der Waals surface area contributed by atoms with Crippen LogP contribution in [-0.4, -0.2) is 44.6 Å². The van der Waals surface area contributed by atoms with Crippen LogP contribution < -0.4 is 10.2 Å². The summed E-state index contributed by atoms with van der Waals surface area (Å²) in [6.07, 6.45) is 0. The van der Waals surface area contributed by atoms with E-state index in [2.05, 4.69) is 24.1 Å². The molecule has 0 heterocycles. The van der Waals surface area contributed by atoms with Gasteiger partial charge in [0.05, 0.1) is 13.2 Å². The van der Waals surface area contributed by atoms with E-state index in [-0.39, 0.29) is 6.61 Å². The zero-order chi connectivity index (χ0) is 15.0. The molecule has 0 unspecified atom stereocenters. The number of hydrogen-bond acceptors (Lipinski definition) is 4. The average Bonchev–Trinajstić information content (AvgIpc) is 2.41. The van der Waals surface area contributed by atoms with Crippen molar-refractivity contribution in [2.75, 3.05) is 38.3 Å². The van der Waals surface area contributed by atoms with Crippen LogP contribution in [0.4, 0.5) is 5.69 Å². The minimum atomic E-state index is 0.136. The summed E-state index contributed by atoms with van der Waals surface area (Å²) in [5, 5.41) is 13.3. The average molecular weight is 301 g/mol. The number of rotatable bonds is 9. The third-order valence-corrected chi connectivity index (χ3v) is 3.35. The van der Waals surface area contributed by atoms with Crippen molar-refractivity contribution >= 4 is 17.3 Å². The van der Waals surface area contributed by atoms with E-state index >= 15 is 0 Å². The Hall–Kier alpha value is -0.810. The Balaban J connectivity index is 2.87. The number of aliphatic hydroxyl groups is 1. The monoisotopic (exact) mass is 300 g/mol. The Bertz CT molecular complexity index is 399. The molecule has 114 valence electrons. The Morgan fingerprint density at radius 1 is 1.40 bits per heavy atom. The van der Waals surface area contributed by atoms with Crippen molar-refractivity contribution in [3.05, 3.63) is 28.8 Å². The number of anilines is 1. The van der Waals surface area contributed by atoms with Crippen molar-refractivity contribution in [3.63, 3.8) is 0 Å². The number of benzene rings is 1. The first-order chi connectivity index (χ1) is 9.60. The largest absolute Gasteiger partial charge is 0.395 e. The molecular formula is C15H25ClN2O2. The van der Waals surface area contributed by atoms with Gasteiger partial charge < -0.3 is 20.1 Å². The maximum Gasteiger partial charge on any atom is 0.0606 e. The van der Waals surface area contributed by atoms with Gasteiger partial charge in [-0.25, -0.2) is 0 Å². The number of hydrogen-bond donors (Lipinski definition) is 2. The van der Waals surface area contributed by atoms with E-state index in [0.717, 1.165) is 29.4 Å². The summed E-state index contributed by atoms with van der Waals surface area (Å²) in [6, 6.07) is 6.21. The molecule has 4 nitrogen and oxygen atoms in total. The Morgan fingerprint density at radius 3 is 2.75 bits per heavy atom. The van der Waals surface area contributed by atoms with Gasteiger partial charge in [-0.2, -0.15) is 0 Å². The Morgan fingerprint density at radius 2 is 2.15 bits per heavy atom. The molecule has 0 aliphatic rings. The predicted octanol–water partition coefficient (Wildman–Crippen LogP) is 2.28. The highest BCUT2D eigenvalue weighted by Gasteiger charge is 2.14. The molecule has 0 saturated heterocycles. The quantitative estimate of drug-likeness (QED) is 0.687. The smallest absolute Gasteiger partial charge is 0.0606 e. The van der Waals surface area contributed by atoms with E-state index < -0.39 is 0 Å². The Labute approximate surface area is 126 Å². The van der Waals surface area contributed by atoms with Gasteiger partial charge in [0.2, 0.25) is 0 Å². The lowest BCUT2D eigenvalue weighted by Crippen LogP contribution is -2.34. The summed E-state index contributed by atoms with van der Waals surface area (Å²) in [5.74, 6) is 0. The molecular weight excluding hydrogens is 276 g/mol. The first kappa shape index (κ1) is 17.2. The minimum absolute atomic E-state index is 0.136. The van der Waals surface area contributed by atoms with Crippen LogP contribution in [0, 0.1) is 0 Å². The summed E-state index contributed by atoms with van der Waals surface area (Å²) >= 11 is 6.10. The maximum absolute atomic E-state index is 9.24. The van der Waals surface area contributed by atoms with Crippen molar-refractivity contribution in [1.82, 2.24) is 5.32 Å². The molecule has 0 fully saturated rings. The van der Waals surface area contributed by atoms with E-state index in [4.69, 9.17) is 16.3 Å². The van der Waals surface area contributed by atoms with Gasteiger partial charge in [-0.3, -0.25) is 0 Å². The molecule has 2 N–H and O–H groups in total. The van der Waals surface area contributed by atoms with E-state index in [1.165, 1.54) is 0 Å². The first-order valence-corrected chi connectivity index (χ1v) is 7.33. The summed E-state index contributed by atoms with van der Waals surface area (Å²) in [6.45, 7) is 7.19. The van der Waals surface area contributed by atoms with Crippen LogP contribution in [0.25, 0.3) is 0 Å². The number of halogens is 1. The highest BCUT2D eigenvalue weighted by molar-refractivity contribution is 6.30. The van der Waals surface area contributed by atoms with Gasteiger partial charge in [0.25, 0.3) is 0 Å². The van der Waals surface area contributed by atoms with Crippen molar-refractivity contribution in [1.29, 1.82) is 0 Å². The van der Waals surface area contributed by atoms with Crippen LogP contribution in [0.1, 0.15) is 19.4 Å². The third kappa shape index (κ3) is 5.29. The topological polar surface area (TPSA) is 44.7 Å². The second-order valence-electron chi connectivity index (χ2n) is 4.95. The molecule has 1 aromatic carbocycles. The molecule has 0 aliphatic heterocycles. The number of methoxy groups -OCH3 is 1. The second kappa shape index (κ2) is 9.19. The molecule has 0 radical (unpaired) electrons. The normalized spacial score (nSPS) is 11.1. The summed E-state index contributed by atoms with van der Waals surface area (Å²) in [7, 11) is 1.69. The minimum Gasteiger partial charge on any atom is -0.395 e. The molecule has 5 heteroatoms. The van der Waals surface area contributed by atoms with Gasteiger partial charge >= 0.3 is 0 Å². The van der Waals surface area contributed by atoms with Crippen molar-refractivity contribution in [2.45, 2.75) is 26.4 Å². The lowest BCUT2D eigenvalue weighted by Gasteiger charge is -2.30. The molecule has 0 atom stereocenters. The molecule has 20 heavy (non-hydrogen) atoms. The highest BCUT2D eigenvalue weighted by Crippen LogP contribution is 2.25. The standard InChI is InChI=1S/C15H25ClN2O2/c1-12(2)18(7-8-19)15-5-4-14(16)10-13(15)11-17-6-9-20-3/h4-5,10,12,17,19H,6-9,11H2,1-3H3. The fourth-order valence-electron chi connectivity index (χ4n) is 2.14. The first-order valence-electron chi connectivity index (χ1n) is 6.95. The lowest BCUT2D eigenvalue weighted by molar-refractivity contribution is 0.199. The van der Waals surface area contributed by atoms with Crippen molar-refractivity contribution in [2.24, 2.45) is 0 Å². The molecule has 0 spiro atoms. The van der Waals surface area contributed by atoms with Gasteiger partial charge in [0.15, 0.2) is 0 Å². The van der Waals surface area contributed by atoms with E-state index in [1.54, 1.807) is 7.11 Å². The summed E-state index contributed by atoms with van der Waals surface area (Å²) in [4.78, 5) is 2.18. The molecule has 1 aromatic rings. The van der Waals surface area contributed by atoms with Gasteiger partial charge in [-0.15, -0.1) is 0 Å². The number of nitrogens with one attached hydrogen (secondary N) is 1. The van der Waals surface area contributed by atoms with E-state index in [9.17, 15) is 5.11 Å².